The van der Waals surface area contributed by atoms with Gasteiger partial charge in [0.15, 0.2) is 0 Å². The Morgan fingerprint density at radius 3 is 2.47 bits per heavy atom. The Hall–Kier alpha value is 0.210. The molecule has 0 N–H and O–H groups in total. The van der Waals surface area contributed by atoms with Crippen molar-refractivity contribution in [3.8, 4) is 0 Å². The normalized spacial score (nSPS) is 17.8. The van der Waals surface area contributed by atoms with Crippen LogP contribution in [0.2, 0.25) is 0 Å². The first kappa shape index (κ1) is 13.6. The van der Waals surface area contributed by atoms with Gasteiger partial charge in [-0.2, -0.15) is 0 Å². The van der Waals surface area contributed by atoms with Crippen LogP contribution in [0.25, 0.3) is 0 Å². The molecule has 0 amide bonds. The molecule has 1 saturated carbocycles. The summed E-state index contributed by atoms with van der Waals surface area (Å²) in [4.78, 5) is 4.56. The molecule has 0 aliphatic heterocycles. The van der Waals surface area contributed by atoms with Crippen LogP contribution in [0.5, 0.6) is 0 Å². The van der Waals surface area contributed by atoms with Crippen molar-refractivity contribution in [3.63, 3.8) is 0 Å². The van der Waals surface area contributed by atoms with Gasteiger partial charge >= 0.3 is 0 Å². The number of nitrogens with zero attached hydrogens (tertiary/aromatic N) is 1. The van der Waals surface area contributed by atoms with E-state index in [1.807, 2.05) is 6.92 Å². The van der Waals surface area contributed by atoms with E-state index >= 15 is 0 Å². The first-order chi connectivity index (χ1) is 8.20. The van der Waals surface area contributed by atoms with Gasteiger partial charge in [-0.3, -0.25) is 0 Å². The van der Waals surface area contributed by atoms with Crippen LogP contribution in [0.4, 0.5) is 0 Å². The van der Waals surface area contributed by atoms with Crippen LogP contribution >= 0.6 is 34.5 Å². The number of aromatic nitrogens is 1. The fourth-order valence-electron chi connectivity index (χ4n) is 2.88. The number of hydrogen-bond donors (Lipinski definition) is 0. The first-order valence-electron chi connectivity index (χ1n) is 6.23. The van der Waals surface area contributed by atoms with Crippen LogP contribution in [0.15, 0.2) is 5.38 Å². The third kappa shape index (κ3) is 2.97. The van der Waals surface area contributed by atoms with Crippen molar-refractivity contribution in [2.45, 2.75) is 39.0 Å². The summed E-state index contributed by atoms with van der Waals surface area (Å²) in [5.74, 6) is 1.98. The Bertz CT molecular complexity index is 354. The maximum atomic E-state index is 6.25. The summed E-state index contributed by atoms with van der Waals surface area (Å²) in [6.07, 6.45) is 6.16. The minimum atomic E-state index is 0.0557. The highest BCUT2D eigenvalue weighted by Gasteiger charge is 2.39. The molecule has 1 aromatic rings. The summed E-state index contributed by atoms with van der Waals surface area (Å²) < 4.78 is 0. The molecular formula is C13H19Cl2NS. The number of halogens is 2. The zero-order valence-electron chi connectivity index (χ0n) is 10.2. The fourth-order valence-corrected chi connectivity index (χ4v) is 4.40. The second-order valence-electron chi connectivity index (χ2n) is 5.15. The third-order valence-electron chi connectivity index (χ3n) is 3.95. The highest BCUT2D eigenvalue weighted by molar-refractivity contribution is 7.09. The molecule has 0 spiro atoms. The van der Waals surface area contributed by atoms with Crippen molar-refractivity contribution in [1.82, 2.24) is 4.98 Å². The number of aryl methyl sites for hydroxylation is 1. The van der Waals surface area contributed by atoms with E-state index in [9.17, 15) is 0 Å². The van der Waals surface area contributed by atoms with Gasteiger partial charge in [0.1, 0.15) is 0 Å². The average molecular weight is 292 g/mol. The van der Waals surface area contributed by atoms with E-state index in [1.54, 1.807) is 11.3 Å². The molecular weight excluding hydrogens is 273 g/mol. The molecule has 1 aliphatic carbocycles. The zero-order valence-corrected chi connectivity index (χ0v) is 12.5. The van der Waals surface area contributed by atoms with Gasteiger partial charge in [0.25, 0.3) is 0 Å². The number of alkyl halides is 2. The predicted octanol–water partition coefficient (Wildman–Crippen LogP) is 4.65. The van der Waals surface area contributed by atoms with Crippen molar-refractivity contribution in [2.24, 2.45) is 11.3 Å². The molecule has 0 aromatic carbocycles. The van der Waals surface area contributed by atoms with Gasteiger partial charge < -0.3 is 0 Å². The standard InChI is InChI=1S/C13H19Cl2NS/c1-10-16-12(7-17-10)6-13(8-14,9-15)11-4-2-3-5-11/h7,11H,2-6,8-9H2,1H3. The van der Waals surface area contributed by atoms with Gasteiger partial charge in [0.05, 0.1) is 10.7 Å². The summed E-state index contributed by atoms with van der Waals surface area (Å²) in [6.45, 7) is 2.05. The molecule has 1 aliphatic rings. The molecule has 0 saturated heterocycles. The monoisotopic (exact) mass is 291 g/mol. The van der Waals surface area contributed by atoms with Crippen LogP contribution in [0.3, 0.4) is 0 Å². The minimum absolute atomic E-state index is 0.0557. The van der Waals surface area contributed by atoms with Crippen molar-refractivity contribution in [3.05, 3.63) is 16.1 Å². The van der Waals surface area contributed by atoms with Crippen LogP contribution in [-0.4, -0.2) is 16.7 Å². The van der Waals surface area contributed by atoms with Crippen molar-refractivity contribution >= 4 is 34.5 Å². The SMILES string of the molecule is Cc1nc(CC(CCl)(CCl)C2CCCC2)cs1. The molecule has 17 heavy (non-hydrogen) atoms. The molecule has 0 radical (unpaired) electrons. The maximum absolute atomic E-state index is 6.25. The van der Waals surface area contributed by atoms with Crippen molar-refractivity contribution < 1.29 is 0 Å². The van der Waals surface area contributed by atoms with E-state index in [4.69, 9.17) is 23.2 Å². The molecule has 1 nitrogen and oxygen atoms in total. The Labute approximate surface area is 118 Å². The smallest absolute Gasteiger partial charge is 0.0897 e. The van der Waals surface area contributed by atoms with E-state index in [0.29, 0.717) is 17.7 Å². The van der Waals surface area contributed by atoms with Gasteiger partial charge in [0.2, 0.25) is 0 Å². The minimum Gasteiger partial charge on any atom is -0.247 e. The van der Waals surface area contributed by atoms with E-state index in [0.717, 1.165) is 11.4 Å². The lowest BCUT2D eigenvalue weighted by molar-refractivity contribution is 0.223. The molecule has 2 rings (SSSR count). The van der Waals surface area contributed by atoms with Crippen molar-refractivity contribution in [2.75, 3.05) is 11.8 Å². The summed E-state index contributed by atoms with van der Waals surface area (Å²) in [6, 6.07) is 0. The topological polar surface area (TPSA) is 12.9 Å². The van der Waals surface area contributed by atoms with E-state index in [-0.39, 0.29) is 5.41 Å². The molecule has 96 valence electrons. The zero-order chi connectivity index (χ0) is 12.3. The number of hydrogen-bond acceptors (Lipinski definition) is 2. The largest absolute Gasteiger partial charge is 0.247 e. The molecule has 0 atom stereocenters. The van der Waals surface area contributed by atoms with E-state index < -0.39 is 0 Å². The first-order valence-corrected chi connectivity index (χ1v) is 8.18. The summed E-state index contributed by atoms with van der Waals surface area (Å²) in [5.41, 5.74) is 1.22. The molecule has 1 fully saturated rings. The van der Waals surface area contributed by atoms with Crippen LogP contribution < -0.4 is 0 Å². The van der Waals surface area contributed by atoms with E-state index in [1.165, 1.54) is 31.4 Å². The van der Waals surface area contributed by atoms with Gasteiger partial charge in [-0.15, -0.1) is 34.5 Å². The Kier molecular flexibility index (Phi) is 4.73. The molecule has 0 unspecified atom stereocenters. The lowest BCUT2D eigenvalue weighted by atomic mass is 9.74. The molecule has 1 heterocycles. The second-order valence-corrected chi connectivity index (χ2v) is 6.74. The van der Waals surface area contributed by atoms with E-state index in [2.05, 4.69) is 10.4 Å². The van der Waals surface area contributed by atoms with Crippen LogP contribution in [-0.2, 0) is 6.42 Å². The summed E-state index contributed by atoms with van der Waals surface area (Å²) >= 11 is 14.2. The highest BCUT2D eigenvalue weighted by Crippen LogP contribution is 2.44. The lowest BCUT2D eigenvalue weighted by Crippen LogP contribution is -2.35. The Morgan fingerprint density at radius 2 is 2.00 bits per heavy atom. The number of rotatable bonds is 5. The predicted molar refractivity (Wildman–Crippen MR) is 76.4 cm³/mol. The second kappa shape index (κ2) is 5.90. The van der Waals surface area contributed by atoms with Crippen LogP contribution in [0, 0.1) is 18.3 Å². The van der Waals surface area contributed by atoms with Gasteiger partial charge in [-0.05, 0) is 32.1 Å². The van der Waals surface area contributed by atoms with Crippen LogP contribution in [0.1, 0.15) is 36.4 Å². The average Bonchev–Trinajstić information content (AvgIpc) is 2.98. The molecule has 1 aromatic heterocycles. The summed E-state index contributed by atoms with van der Waals surface area (Å²) in [7, 11) is 0. The van der Waals surface area contributed by atoms with Crippen molar-refractivity contribution in [1.29, 1.82) is 0 Å². The van der Waals surface area contributed by atoms with Gasteiger partial charge in [-0.1, -0.05) is 12.8 Å². The maximum Gasteiger partial charge on any atom is 0.0897 e. The Balaban J connectivity index is 2.15. The lowest BCUT2D eigenvalue weighted by Gasteiger charge is -2.35. The Morgan fingerprint density at radius 1 is 1.35 bits per heavy atom. The third-order valence-corrected chi connectivity index (χ3v) is 5.84. The van der Waals surface area contributed by atoms with Gasteiger partial charge in [0, 0.05) is 22.6 Å². The quantitative estimate of drug-likeness (QED) is 0.720. The molecule has 0 bridgehead atoms. The van der Waals surface area contributed by atoms with Gasteiger partial charge in [-0.25, -0.2) is 4.98 Å². The summed E-state index contributed by atoms with van der Waals surface area (Å²) in [5, 5.41) is 3.28. The number of thiazole rings is 1. The highest BCUT2D eigenvalue weighted by atomic mass is 35.5. The molecule has 4 heteroatoms. The fraction of sp³-hybridized carbons (Fsp3) is 0.769.